The van der Waals surface area contributed by atoms with Crippen molar-refractivity contribution < 1.29 is 19.3 Å². The standard InChI is InChI=1S/C33H28N4O5S/c38-31(36-20-8-13-23-9-4-6-14-29(23)36)22-43-27-18-16-26(17-19-27)34-33(40)28(35-32(39)24-10-2-1-3-11-24)21-25-12-5-7-15-30(25)37(41)42/h1-7,9-12,14-19,21H,8,13,20,22H2,(H,34,40)(H,35,39)/b28-21-. The Kier molecular flexibility index (Phi) is 9.28. The Morgan fingerprint density at radius 3 is 2.35 bits per heavy atom. The van der Waals surface area contributed by atoms with E-state index in [9.17, 15) is 24.5 Å². The van der Waals surface area contributed by atoms with Crippen molar-refractivity contribution in [3.05, 3.63) is 136 Å². The number of fused-ring (bicyclic) bond motifs is 1. The van der Waals surface area contributed by atoms with Gasteiger partial charge >= 0.3 is 0 Å². The third kappa shape index (κ3) is 7.35. The lowest BCUT2D eigenvalue weighted by atomic mass is 10.0. The van der Waals surface area contributed by atoms with Crippen molar-refractivity contribution in [1.29, 1.82) is 0 Å². The molecular weight excluding hydrogens is 564 g/mol. The number of carbonyl (C=O) groups excluding carboxylic acids is 3. The molecular formula is C33H28N4O5S. The van der Waals surface area contributed by atoms with E-state index in [1.54, 1.807) is 60.7 Å². The van der Waals surface area contributed by atoms with Crippen LogP contribution in [0.25, 0.3) is 6.08 Å². The summed E-state index contributed by atoms with van der Waals surface area (Å²) in [6.45, 7) is 0.699. The number of nitrogens with zero attached hydrogens (tertiary/aromatic N) is 2. The van der Waals surface area contributed by atoms with E-state index in [0.717, 1.165) is 23.4 Å². The molecule has 4 aromatic carbocycles. The molecule has 1 aliphatic heterocycles. The zero-order chi connectivity index (χ0) is 30.2. The van der Waals surface area contributed by atoms with E-state index in [1.165, 1.54) is 41.6 Å². The van der Waals surface area contributed by atoms with E-state index >= 15 is 0 Å². The Hall–Kier alpha value is -5.22. The van der Waals surface area contributed by atoms with E-state index in [1.807, 2.05) is 23.1 Å². The molecule has 10 heteroatoms. The lowest BCUT2D eigenvalue weighted by molar-refractivity contribution is -0.385. The molecule has 43 heavy (non-hydrogen) atoms. The largest absolute Gasteiger partial charge is 0.321 e. The second kappa shape index (κ2) is 13.6. The zero-order valence-electron chi connectivity index (χ0n) is 23.1. The van der Waals surface area contributed by atoms with E-state index in [2.05, 4.69) is 16.7 Å². The summed E-state index contributed by atoms with van der Waals surface area (Å²) in [4.78, 5) is 52.9. The van der Waals surface area contributed by atoms with Gasteiger partial charge in [0, 0.05) is 34.4 Å². The fourth-order valence-electron chi connectivity index (χ4n) is 4.72. The molecule has 0 unspecified atom stereocenters. The quantitative estimate of drug-likeness (QED) is 0.105. The molecule has 0 radical (unpaired) electrons. The molecule has 0 atom stereocenters. The Balaban J connectivity index is 1.28. The summed E-state index contributed by atoms with van der Waals surface area (Å²) in [5.74, 6) is -0.877. The van der Waals surface area contributed by atoms with E-state index in [0.29, 0.717) is 17.8 Å². The number of amides is 3. The number of nitro groups is 1. The van der Waals surface area contributed by atoms with Crippen LogP contribution >= 0.6 is 11.8 Å². The topological polar surface area (TPSA) is 122 Å². The number of rotatable bonds is 9. The predicted molar refractivity (Wildman–Crippen MR) is 168 cm³/mol. The normalized spacial score (nSPS) is 12.7. The molecule has 4 aromatic rings. The number of aryl methyl sites for hydroxylation is 1. The Morgan fingerprint density at radius 1 is 0.884 bits per heavy atom. The number of hydrogen-bond acceptors (Lipinski definition) is 6. The molecule has 9 nitrogen and oxygen atoms in total. The number of carbonyl (C=O) groups is 3. The van der Waals surface area contributed by atoms with Gasteiger partial charge in [0.1, 0.15) is 5.70 Å². The summed E-state index contributed by atoms with van der Waals surface area (Å²) in [6.07, 6.45) is 3.18. The van der Waals surface area contributed by atoms with Crippen LogP contribution in [0.15, 0.2) is 114 Å². The number of thioether (sulfide) groups is 1. The van der Waals surface area contributed by atoms with Crippen LogP contribution in [-0.4, -0.2) is 34.9 Å². The van der Waals surface area contributed by atoms with Crippen LogP contribution in [-0.2, 0) is 16.0 Å². The van der Waals surface area contributed by atoms with Crippen LogP contribution in [0, 0.1) is 10.1 Å². The molecule has 0 saturated carbocycles. The summed E-state index contributed by atoms with van der Waals surface area (Å²) in [5.41, 5.74) is 2.74. The van der Waals surface area contributed by atoms with Gasteiger partial charge in [-0.2, -0.15) is 0 Å². The van der Waals surface area contributed by atoms with Gasteiger partial charge in [-0.1, -0.05) is 48.5 Å². The molecule has 0 aliphatic carbocycles. The molecule has 1 aliphatic rings. The number of hydrogen-bond donors (Lipinski definition) is 2. The number of anilines is 2. The molecule has 0 spiro atoms. The average molecular weight is 593 g/mol. The van der Waals surface area contributed by atoms with Crippen LogP contribution in [0.5, 0.6) is 0 Å². The van der Waals surface area contributed by atoms with Gasteiger partial charge in [-0.15, -0.1) is 11.8 Å². The van der Waals surface area contributed by atoms with Crippen LogP contribution in [0.1, 0.15) is 27.9 Å². The molecule has 0 saturated heterocycles. The monoisotopic (exact) mass is 592 g/mol. The minimum Gasteiger partial charge on any atom is -0.321 e. The minimum atomic E-state index is -0.651. The summed E-state index contributed by atoms with van der Waals surface area (Å²) >= 11 is 1.41. The van der Waals surface area contributed by atoms with E-state index < -0.39 is 16.7 Å². The minimum absolute atomic E-state index is 0.0356. The first-order valence-corrected chi connectivity index (χ1v) is 14.6. The summed E-state index contributed by atoms with van der Waals surface area (Å²) in [5, 5.41) is 16.9. The maximum absolute atomic E-state index is 13.3. The highest BCUT2D eigenvalue weighted by Gasteiger charge is 2.22. The average Bonchev–Trinajstić information content (AvgIpc) is 3.04. The Bertz CT molecular complexity index is 1690. The molecule has 5 rings (SSSR count). The highest BCUT2D eigenvalue weighted by molar-refractivity contribution is 8.00. The number of para-hydroxylation sites is 2. The number of nitrogens with one attached hydrogen (secondary N) is 2. The summed E-state index contributed by atoms with van der Waals surface area (Å²) in [6, 6.07) is 29.3. The van der Waals surface area contributed by atoms with Crippen LogP contribution in [0.4, 0.5) is 17.1 Å². The Labute approximate surface area is 252 Å². The smallest absolute Gasteiger partial charge is 0.276 e. The van der Waals surface area contributed by atoms with Crippen LogP contribution < -0.4 is 15.5 Å². The van der Waals surface area contributed by atoms with Gasteiger partial charge in [0.05, 0.1) is 16.2 Å². The molecule has 1 heterocycles. The molecule has 0 aromatic heterocycles. The van der Waals surface area contributed by atoms with Crippen molar-refractivity contribution in [2.45, 2.75) is 17.7 Å². The first-order valence-electron chi connectivity index (χ1n) is 13.6. The van der Waals surface area contributed by atoms with Crippen molar-refractivity contribution in [3.8, 4) is 0 Å². The highest BCUT2D eigenvalue weighted by atomic mass is 32.2. The van der Waals surface area contributed by atoms with Crippen LogP contribution in [0.3, 0.4) is 0 Å². The van der Waals surface area contributed by atoms with Crippen molar-refractivity contribution in [3.63, 3.8) is 0 Å². The van der Waals surface area contributed by atoms with Gasteiger partial charge in [-0.25, -0.2) is 0 Å². The van der Waals surface area contributed by atoms with Gasteiger partial charge in [0.2, 0.25) is 5.91 Å². The lowest BCUT2D eigenvalue weighted by Gasteiger charge is -2.29. The van der Waals surface area contributed by atoms with Crippen molar-refractivity contribution in [2.75, 3.05) is 22.5 Å². The fraction of sp³-hybridized carbons (Fsp3) is 0.121. The van der Waals surface area contributed by atoms with Crippen molar-refractivity contribution in [1.82, 2.24) is 5.32 Å². The third-order valence-corrected chi connectivity index (χ3v) is 7.84. The highest BCUT2D eigenvalue weighted by Crippen LogP contribution is 2.29. The Morgan fingerprint density at radius 2 is 1.58 bits per heavy atom. The first kappa shape index (κ1) is 29.3. The maximum atomic E-state index is 13.3. The number of nitro benzene ring substituents is 1. The van der Waals surface area contributed by atoms with Crippen molar-refractivity contribution >= 4 is 52.6 Å². The molecule has 216 valence electrons. The van der Waals surface area contributed by atoms with Crippen LogP contribution in [0.2, 0.25) is 0 Å². The second-order valence-electron chi connectivity index (χ2n) is 9.74. The van der Waals surface area contributed by atoms with Crippen molar-refractivity contribution in [2.24, 2.45) is 0 Å². The third-order valence-electron chi connectivity index (χ3n) is 6.85. The summed E-state index contributed by atoms with van der Waals surface area (Å²) < 4.78 is 0. The molecule has 3 amide bonds. The molecule has 0 bridgehead atoms. The lowest BCUT2D eigenvalue weighted by Crippen LogP contribution is -2.36. The molecule has 2 N–H and O–H groups in total. The van der Waals surface area contributed by atoms with Gasteiger partial charge in [-0.05, 0) is 73.0 Å². The predicted octanol–water partition coefficient (Wildman–Crippen LogP) is 6.08. The molecule has 0 fully saturated rings. The van der Waals surface area contributed by atoms with Gasteiger partial charge in [0.15, 0.2) is 0 Å². The van der Waals surface area contributed by atoms with E-state index in [-0.39, 0.29) is 28.6 Å². The first-order chi connectivity index (χ1) is 20.9. The fourth-order valence-corrected chi connectivity index (χ4v) is 5.50. The van der Waals surface area contributed by atoms with E-state index in [4.69, 9.17) is 0 Å². The summed E-state index contributed by atoms with van der Waals surface area (Å²) in [7, 11) is 0. The van der Waals surface area contributed by atoms with Gasteiger partial charge in [0.25, 0.3) is 17.5 Å². The zero-order valence-corrected chi connectivity index (χ0v) is 23.9. The van der Waals surface area contributed by atoms with Gasteiger partial charge < -0.3 is 15.5 Å². The maximum Gasteiger partial charge on any atom is 0.276 e. The van der Waals surface area contributed by atoms with Gasteiger partial charge in [-0.3, -0.25) is 24.5 Å². The number of benzene rings is 4. The second-order valence-corrected chi connectivity index (χ2v) is 10.8. The SMILES string of the molecule is O=C(Nc1ccc(SCC(=O)N2CCCc3ccccc32)cc1)/C(=C/c1ccccc1[N+](=O)[O-])NC(=O)c1ccccc1.